The molecule has 1 saturated heterocycles. The second-order valence-corrected chi connectivity index (χ2v) is 4.30. The molecule has 9 heteroatoms. The minimum Gasteiger partial charge on any atom is -0.378 e. The van der Waals surface area contributed by atoms with E-state index in [4.69, 9.17) is 5.73 Å². The third-order valence-electron chi connectivity index (χ3n) is 3.02. The number of piperazine rings is 1. The topological polar surface area (TPSA) is 131 Å². The Balaban J connectivity index is 2.38. The van der Waals surface area contributed by atoms with Crippen LogP contribution in [0.3, 0.4) is 0 Å². The predicted octanol–water partition coefficient (Wildman–Crippen LogP) is -0.187. The number of pyridine rings is 1. The van der Waals surface area contributed by atoms with E-state index in [1.807, 2.05) is 0 Å². The lowest BCUT2D eigenvalue weighted by molar-refractivity contribution is -0.384. The fourth-order valence-corrected chi connectivity index (χ4v) is 2.08. The molecule has 0 bridgehead atoms. The van der Waals surface area contributed by atoms with Crippen molar-refractivity contribution >= 4 is 29.1 Å². The number of nitrogen functional groups attached to an aromatic ring is 1. The van der Waals surface area contributed by atoms with Crippen LogP contribution in [0.15, 0.2) is 12.1 Å². The summed E-state index contributed by atoms with van der Waals surface area (Å²) in [4.78, 5) is 38.6. The molecule has 3 N–H and O–H groups in total. The van der Waals surface area contributed by atoms with Crippen molar-refractivity contribution in [2.24, 2.45) is 0 Å². The first-order valence-electron chi connectivity index (χ1n) is 5.95. The van der Waals surface area contributed by atoms with E-state index in [0.717, 1.165) is 0 Å². The molecule has 0 radical (unpaired) electrons. The maximum Gasteiger partial charge on any atom is 0.311 e. The number of amides is 2. The summed E-state index contributed by atoms with van der Waals surface area (Å²) >= 11 is 0. The minimum absolute atomic E-state index is 0.0471. The van der Waals surface area contributed by atoms with Crippen LogP contribution in [0, 0.1) is 10.1 Å². The number of hydrogen-bond acceptors (Lipinski definition) is 7. The summed E-state index contributed by atoms with van der Waals surface area (Å²) in [7, 11) is 0. The zero-order valence-electron chi connectivity index (χ0n) is 10.7. The summed E-state index contributed by atoms with van der Waals surface area (Å²) in [6, 6.07) is 2.03. The number of nitrogens with two attached hydrogens (primary N) is 1. The molecule has 1 aliphatic rings. The molecule has 0 saturated carbocycles. The van der Waals surface area contributed by atoms with Crippen molar-refractivity contribution in [3.8, 4) is 0 Å². The third kappa shape index (κ3) is 2.37. The van der Waals surface area contributed by atoms with Crippen molar-refractivity contribution in [2.75, 3.05) is 17.2 Å². The molecule has 0 aliphatic carbocycles. The molecule has 1 fully saturated rings. The van der Waals surface area contributed by atoms with Crippen molar-refractivity contribution in [3.63, 3.8) is 0 Å². The molecule has 20 heavy (non-hydrogen) atoms. The number of carbonyl (C=O) groups excluding carboxylic acids is 2. The summed E-state index contributed by atoms with van der Waals surface area (Å²) in [6.45, 7) is 1.75. The number of nitrogens with zero attached hydrogens (tertiary/aromatic N) is 3. The van der Waals surface area contributed by atoms with E-state index < -0.39 is 22.8 Å². The molecule has 1 aliphatic heterocycles. The summed E-state index contributed by atoms with van der Waals surface area (Å²) in [6.07, 6.45) is 0.470. The lowest BCUT2D eigenvalue weighted by Gasteiger charge is -2.34. The van der Waals surface area contributed by atoms with Crippen LogP contribution in [-0.4, -0.2) is 34.3 Å². The predicted molar refractivity (Wildman–Crippen MR) is 69.9 cm³/mol. The monoisotopic (exact) mass is 279 g/mol. The van der Waals surface area contributed by atoms with E-state index in [1.165, 1.54) is 17.0 Å². The Labute approximate surface area is 113 Å². The maximum absolute atomic E-state index is 11.7. The number of nitrogens with one attached hydrogen (secondary N) is 1. The average Bonchev–Trinajstić information content (AvgIpc) is 2.37. The molecular weight excluding hydrogens is 266 g/mol. The van der Waals surface area contributed by atoms with Crippen LogP contribution in [0.4, 0.5) is 17.3 Å². The van der Waals surface area contributed by atoms with Crippen LogP contribution in [0.1, 0.15) is 13.3 Å². The molecule has 2 rings (SSSR count). The Kier molecular flexibility index (Phi) is 3.51. The first kappa shape index (κ1) is 13.7. The molecule has 1 unspecified atom stereocenters. The molecule has 1 aromatic heterocycles. The first-order chi connectivity index (χ1) is 9.43. The largest absolute Gasteiger partial charge is 0.378 e. The maximum atomic E-state index is 11.7. The van der Waals surface area contributed by atoms with Crippen molar-refractivity contribution in [1.29, 1.82) is 0 Å². The van der Waals surface area contributed by atoms with Crippen molar-refractivity contribution < 1.29 is 14.5 Å². The van der Waals surface area contributed by atoms with Crippen LogP contribution in [0.5, 0.6) is 0 Å². The summed E-state index contributed by atoms with van der Waals surface area (Å²) in [5.41, 5.74) is 5.21. The van der Waals surface area contributed by atoms with E-state index in [0.29, 0.717) is 6.42 Å². The van der Waals surface area contributed by atoms with Crippen molar-refractivity contribution in [3.05, 3.63) is 22.2 Å². The standard InChI is InChI=1S/C11H13N5O4/c1-2-6-11(18)14-9(17)5-15(6)8-4-3-7(16(19)20)10(12)13-8/h3-4,6H,2,5H2,1H3,(H2,12,13)(H,14,17,18). The van der Waals surface area contributed by atoms with Gasteiger partial charge < -0.3 is 10.6 Å². The van der Waals surface area contributed by atoms with Gasteiger partial charge in [-0.25, -0.2) is 4.98 Å². The Morgan fingerprint density at radius 1 is 1.55 bits per heavy atom. The fraction of sp³-hybridized carbons (Fsp3) is 0.364. The Morgan fingerprint density at radius 3 is 2.80 bits per heavy atom. The lowest BCUT2D eigenvalue weighted by Crippen LogP contribution is -2.58. The number of rotatable bonds is 3. The fourth-order valence-electron chi connectivity index (χ4n) is 2.08. The summed E-state index contributed by atoms with van der Waals surface area (Å²) in [5, 5.41) is 12.9. The van der Waals surface area contributed by atoms with Crippen LogP contribution in [0.25, 0.3) is 0 Å². The van der Waals surface area contributed by atoms with Gasteiger partial charge in [0.1, 0.15) is 11.9 Å². The van der Waals surface area contributed by atoms with E-state index in [2.05, 4.69) is 10.3 Å². The van der Waals surface area contributed by atoms with Gasteiger partial charge >= 0.3 is 5.69 Å². The van der Waals surface area contributed by atoms with Crippen LogP contribution in [-0.2, 0) is 9.59 Å². The second kappa shape index (κ2) is 5.11. The minimum atomic E-state index is -0.641. The molecule has 1 aromatic rings. The van der Waals surface area contributed by atoms with Gasteiger partial charge in [0.15, 0.2) is 0 Å². The van der Waals surface area contributed by atoms with Gasteiger partial charge in [-0.2, -0.15) is 0 Å². The van der Waals surface area contributed by atoms with Crippen molar-refractivity contribution in [1.82, 2.24) is 10.3 Å². The summed E-state index contributed by atoms with van der Waals surface area (Å²) < 4.78 is 0. The zero-order chi connectivity index (χ0) is 14.9. The zero-order valence-corrected chi connectivity index (χ0v) is 10.7. The number of imide groups is 1. The number of hydrogen-bond donors (Lipinski definition) is 2. The van der Waals surface area contributed by atoms with Gasteiger partial charge in [0.25, 0.3) is 0 Å². The molecule has 0 aromatic carbocycles. The molecule has 106 valence electrons. The van der Waals surface area contributed by atoms with Crippen LogP contribution < -0.4 is 16.0 Å². The number of carbonyl (C=O) groups is 2. The van der Waals surface area contributed by atoms with Gasteiger partial charge in [-0.3, -0.25) is 25.0 Å². The van der Waals surface area contributed by atoms with Crippen LogP contribution in [0.2, 0.25) is 0 Å². The highest BCUT2D eigenvalue weighted by Crippen LogP contribution is 2.25. The van der Waals surface area contributed by atoms with Gasteiger partial charge in [-0.1, -0.05) is 6.92 Å². The van der Waals surface area contributed by atoms with E-state index in [-0.39, 0.29) is 23.9 Å². The van der Waals surface area contributed by atoms with Gasteiger partial charge in [0.05, 0.1) is 11.5 Å². The molecular formula is C11H13N5O4. The molecule has 2 heterocycles. The Bertz CT molecular complexity index is 588. The van der Waals surface area contributed by atoms with Gasteiger partial charge in [0.2, 0.25) is 17.6 Å². The smallest absolute Gasteiger partial charge is 0.311 e. The van der Waals surface area contributed by atoms with E-state index in [1.54, 1.807) is 6.92 Å². The summed E-state index contributed by atoms with van der Waals surface area (Å²) in [5.74, 6) is -0.843. The van der Waals surface area contributed by atoms with E-state index in [9.17, 15) is 19.7 Å². The van der Waals surface area contributed by atoms with E-state index >= 15 is 0 Å². The number of nitro groups is 1. The quantitative estimate of drug-likeness (QED) is 0.445. The number of anilines is 2. The second-order valence-electron chi connectivity index (χ2n) is 4.30. The highest BCUT2D eigenvalue weighted by atomic mass is 16.6. The van der Waals surface area contributed by atoms with Gasteiger partial charge in [0, 0.05) is 6.07 Å². The third-order valence-corrected chi connectivity index (χ3v) is 3.02. The average molecular weight is 279 g/mol. The van der Waals surface area contributed by atoms with Crippen LogP contribution >= 0.6 is 0 Å². The highest BCUT2D eigenvalue weighted by Gasteiger charge is 2.33. The molecule has 9 nitrogen and oxygen atoms in total. The molecule has 0 spiro atoms. The lowest BCUT2D eigenvalue weighted by atomic mass is 10.1. The normalized spacial score (nSPS) is 18.9. The SMILES string of the molecule is CCC1C(=O)NC(=O)CN1c1ccc([N+](=O)[O-])c(N)n1. The Hall–Kier alpha value is -2.71. The van der Waals surface area contributed by atoms with Crippen molar-refractivity contribution in [2.45, 2.75) is 19.4 Å². The van der Waals surface area contributed by atoms with Gasteiger partial charge in [-0.05, 0) is 12.5 Å². The first-order valence-corrected chi connectivity index (χ1v) is 5.95. The van der Waals surface area contributed by atoms with Gasteiger partial charge in [-0.15, -0.1) is 0 Å². The highest BCUT2D eigenvalue weighted by molar-refractivity contribution is 6.04. The molecule has 2 amide bonds. The Morgan fingerprint density at radius 2 is 2.25 bits per heavy atom. The molecule has 1 atom stereocenters. The number of aromatic nitrogens is 1.